The highest BCUT2D eigenvalue weighted by Gasteiger charge is 2.37. The van der Waals surface area contributed by atoms with Crippen molar-refractivity contribution in [1.82, 2.24) is 5.32 Å². The van der Waals surface area contributed by atoms with Crippen LogP contribution in [0, 0.1) is 5.41 Å². The lowest BCUT2D eigenvalue weighted by molar-refractivity contribution is 0.122. The smallest absolute Gasteiger partial charge is 0.122 e. The maximum absolute atomic E-state index is 5.50. The Bertz CT molecular complexity index is 432. The van der Waals surface area contributed by atoms with Crippen molar-refractivity contribution in [2.24, 2.45) is 5.41 Å². The van der Waals surface area contributed by atoms with E-state index in [-0.39, 0.29) is 0 Å². The van der Waals surface area contributed by atoms with Crippen molar-refractivity contribution in [3.63, 3.8) is 0 Å². The van der Waals surface area contributed by atoms with Crippen LogP contribution in [0.3, 0.4) is 0 Å². The summed E-state index contributed by atoms with van der Waals surface area (Å²) in [5.41, 5.74) is 1.69. The van der Waals surface area contributed by atoms with E-state index >= 15 is 0 Å². The van der Waals surface area contributed by atoms with Crippen molar-refractivity contribution in [2.45, 2.75) is 25.7 Å². The Morgan fingerprint density at radius 1 is 1.30 bits per heavy atom. The molecule has 1 aliphatic rings. The van der Waals surface area contributed by atoms with Gasteiger partial charge in [0.05, 0.1) is 13.7 Å². The molecule has 0 radical (unpaired) electrons. The van der Waals surface area contributed by atoms with E-state index in [9.17, 15) is 0 Å². The lowest BCUT2D eigenvalue weighted by atomic mass is 9.65. The third kappa shape index (κ3) is 3.96. The second-order valence-electron chi connectivity index (χ2n) is 5.66. The lowest BCUT2D eigenvalue weighted by Gasteiger charge is -2.42. The van der Waals surface area contributed by atoms with Crippen LogP contribution in [-0.4, -0.2) is 33.9 Å². The number of halogens is 1. The second-order valence-corrected chi connectivity index (χ2v) is 6.57. The van der Waals surface area contributed by atoms with Gasteiger partial charge in [-0.25, -0.2) is 0 Å². The molecule has 20 heavy (non-hydrogen) atoms. The fourth-order valence-corrected chi connectivity index (χ4v) is 3.32. The van der Waals surface area contributed by atoms with Crippen LogP contribution in [0.5, 0.6) is 5.75 Å². The van der Waals surface area contributed by atoms with Crippen molar-refractivity contribution in [3.8, 4) is 5.75 Å². The van der Waals surface area contributed by atoms with Gasteiger partial charge >= 0.3 is 0 Å². The summed E-state index contributed by atoms with van der Waals surface area (Å²) >= 11 is 3.56. The highest BCUT2D eigenvalue weighted by atomic mass is 79.9. The minimum Gasteiger partial charge on any atom is -0.496 e. The first kappa shape index (κ1) is 15.8. The summed E-state index contributed by atoms with van der Waals surface area (Å²) in [7, 11) is 3.49. The van der Waals surface area contributed by atoms with E-state index in [1.807, 2.05) is 12.1 Å². The van der Waals surface area contributed by atoms with Gasteiger partial charge in [-0.3, -0.25) is 0 Å². The molecule has 0 saturated heterocycles. The van der Waals surface area contributed by atoms with Gasteiger partial charge in [0.2, 0.25) is 0 Å². The van der Waals surface area contributed by atoms with E-state index in [1.165, 1.54) is 24.8 Å². The summed E-state index contributed by atoms with van der Waals surface area (Å²) < 4.78 is 11.7. The average Bonchev–Trinajstić information content (AvgIpc) is 2.40. The zero-order chi connectivity index (χ0) is 14.4. The van der Waals surface area contributed by atoms with Crippen LogP contribution in [0.15, 0.2) is 22.7 Å². The summed E-state index contributed by atoms with van der Waals surface area (Å²) in [6.45, 7) is 2.76. The molecular weight excluding hydrogens is 318 g/mol. The lowest BCUT2D eigenvalue weighted by Crippen LogP contribution is -2.42. The van der Waals surface area contributed by atoms with E-state index in [4.69, 9.17) is 9.47 Å². The molecular formula is C16H24BrNO2. The number of rotatable bonds is 8. The van der Waals surface area contributed by atoms with E-state index in [1.54, 1.807) is 14.2 Å². The fraction of sp³-hybridized carbons (Fsp3) is 0.625. The van der Waals surface area contributed by atoms with Gasteiger partial charge in [0.15, 0.2) is 0 Å². The van der Waals surface area contributed by atoms with Crippen molar-refractivity contribution in [2.75, 3.05) is 33.9 Å². The summed E-state index contributed by atoms with van der Waals surface area (Å²) in [5, 5.41) is 3.52. The number of nitrogens with one attached hydrogen (secondary N) is 1. The number of methoxy groups -OCH3 is 2. The first-order valence-electron chi connectivity index (χ1n) is 7.21. The SMILES string of the molecule is COCCNCC1(Cc2cc(Br)ccc2OC)CCC1. The summed E-state index contributed by atoms with van der Waals surface area (Å²) in [6, 6.07) is 6.27. The van der Waals surface area contributed by atoms with Gasteiger partial charge in [0, 0.05) is 24.7 Å². The molecule has 2 rings (SSSR count). The molecule has 1 N–H and O–H groups in total. The van der Waals surface area contributed by atoms with E-state index in [2.05, 4.69) is 27.3 Å². The number of benzene rings is 1. The molecule has 1 aromatic carbocycles. The van der Waals surface area contributed by atoms with Crippen LogP contribution >= 0.6 is 15.9 Å². The Labute approximate surface area is 130 Å². The Morgan fingerprint density at radius 2 is 2.10 bits per heavy atom. The van der Waals surface area contributed by atoms with Crippen LogP contribution in [0.1, 0.15) is 24.8 Å². The largest absolute Gasteiger partial charge is 0.496 e. The Balaban J connectivity index is 2.00. The molecule has 0 aliphatic heterocycles. The Hall–Kier alpha value is -0.580. The molecule has 0 bridgehead atoms. The Morgan fingerprint density at radius 3 is 2.70 bits per heavy atom. The monoisotopic (exact) mass is 341 g/mol. The summed E-state index contributed by atoms with van der Waals surface area (Å²) in [5.74, 6) is 0.997. The highest BCUT2D eigenvalue weighted by molar-refractivity contribution is 9.10. The van der Waals surface area contributed by atoms with Gasteiger partial charge in [0.1, 0.15) is 5.75 Å². The quantitative estimate of drug-likeness (QED) is 0.735. The molecule has 0 atom stereocenters. The summed E-state index contributed by atoms with van der Waals surface area (Å²) in [6.07, 6.45) is 5.00. The van der Waals surface area contributed by atoms with E-state index < -0.39 is 0 Å². The molecule has 1 aromatic rings. The van der Waals surface area contributed by atoms with Crippen LogP contribution in [0.2, 0.25) is 0 Å². The van der Waals surface area contributed by atoms with Gasteiger partial charge < -0.3 is 14.8 Å². The number of hydrogen-bond donors (Lipinski definition) is 1. The normalized spacial score (nSPS) is 16.8. The first-order valence-corrected chi connectivity index (χ1v) is 8.00. The van der Waals surface area contributed by atoms with Crippen molar-refractivity contribution in [3.05, 3.63) is 28.2 Å². The predicted octanol–water partition coefficient (Wildman–Crippen LogP) is 3.41. The van der Waals surface area contributed by atoms with Gasteiger partial charge in [-0.2, -0.15) is 0 Å². The van der Waals surface area contributed by atoms with Gasteiger partial charge in [-0.15, -0.1) is 0 Å². The fourth-order valence-electron chi connectivity index (χ4n) is 2.91. The Kier molecular flexibility index (Phi) is 5.87. The van der Waals surface area contributed by atoms with E-state index in [0.29, 0.717) is 5.41 Å². The summed E-state index contributed by atoms with van der Waals surface area (Å²) in [4.78, 5) is 0. The average molecular weight is 342 g/mol. The molecule has 0 aromatic heterocycles. The standard InChI is InChI=1S/C16H24BrNO2/c1-19-9-8-18-12-16(6-3-7-16)11-13-10-14(17)4-5-15(13)20-2/h4-5,10,18H,3,6-9,11-12H2,1-2H3. The zero-order valence-corrected chi connectivity index (χ0v) is 14.0. The molecule has 1 fully saturated rings. The third-order valence-corrected chi connectivity index (χ3v) is 4.70. The minimum atomic E-state index is 0.391. The molecule has 3 nitrogen and oxygen atoms in total. The van der Waals surface area contributed by atoms with Crippen molar-refractivity contribution < 1.29 is 9.47 Å². The minimum absolute atomic E-state index is 0.391. The van der Waals surface area contributed by atoms with Crippen LogP contribution < -0.4 is 10.1 Å². The van der Waals surface area contributed by atoms with Gasteiger partial charge in [-0.05, 0) is 48.4 Å². The van der Waals surface area contributed by atoms with Crippen molar-refractivity contribution >= 4 is 15.9 Å². The van der Waals surface area contributed by atoms with Crippen LogP contribution in [0.25, 0.3) is 0 Å². The van der Waals surface area contributed by atoms with Crippen LogP contribution in [-0.2, 0) is 11.2 Å². The molecule has 112 valence electrons. The van der Waals surface area contributed by atoms with Crippen LogP contribution in [0.4, 0.5) is 0 Å². The molecule has 1 saturated carbocycles. The molecule has 0 heterocycles. The first-order chi connectivity index (χ1) is 9.69. The molecule has 4 heteroatoms. The van der Waals surface area contributed by atoms with E-state index in [0.717, 1.165) is 36.3 Å². The number of ether oxygens (including phenoxy) is 2. The molecule has 1 aliphatic carbocycles. The third-order valence-electron chi connectivity index (χ3n) is 4.21. The van der Waals surface area contributed by atoms with Gasteiger partial charge in [-0.1, -0.05) is 22.4 Å². The second kappa shape index (κ2) is 7.43. The number of hydrogen-bond acceptors (Lipinski definition) is 3. The maximum Gasteiger partial charge on any atom is 0.122 e. The van der Waals surface area contributed by atoms with Crippen molar-refractivity contribution in [1.29, 1.82) is 0 Å². The maximum atomic E-state index is 5.50. The predicted molar refractivity (Wildman–Crippen MR) is 85.4 cm³/mol. The molecule has 0 spiro atoms. The topological polar surface area (TPSA) is 30.5 Å². The molecule has 0 amide bonds. The van der Waals surface area contributed by atoms with Gasteiger partial charge in [0.25, 0.3) is 0 Å². The molecule has 0 unspecified atom stereocenters. The zero-order valence-electron chi connectivity index (χ0n) is 12.4. The highest BCUT2D eigenvalue weighted by Crippen LogP contribution is 2.44.